The lowest BCUT2D eigenvalue weighted by Crippen LogP contribution is -2.64. The molecule has 4 bridgehead atoms. The molecule has 3 aliphatic heterocycles. The molecular formula is C74H84N10O20S. The van der Waals surface area contributed by atoms with Gasteiger partial charge in [0, 0.05) is 99.3 Å². The Morgan fingerprint density at radius 3 is 2.29 bits per heavy atom. The molecule has 6 amide bonds. The van der Waals surface area contributed by atoms with Crippen LogP contribution >= 0.6 is 11.3 Å². The van der Waals surface area contributed by atoms with Crippen LogP contribution in [0.4, 0.5) is 21.4 Å². The van der Waals surface area contributed by atoms with E-state index in [0.717, 1.165) is 59.3 Å². The monoisotopic (exact) mass is 1460 g/mol. The molecule has 13 rings (SSSR count). The number of likely N-dealkylation sites (N-methyl/N-ethyl adjacent to an activating group) is 1. The highest BCUT2D eigenvalue weighted by Gasteiger charge is 2.66. The van der Waals surface area contributed by atoms with Crippen molar-refractivity contribution >= 4 is 97.8 Å². The Morgan fingerprint density at radius 1 is 0.800 bits per heavy atom. The number of unbranched alkanes of at least 4 members (excludes halogenated alkanes) is 2. The van der Waals surface area contributed by atoms with E-state index in [9.17, 15) is 73.8 Å². The van der Waals surface area contributed by atoms with Crippen molar-refractivity contribution in [3.63, 3.8) is 0 Å². The highest BCUT2D eigenvalue weighted by molar-refractivity contribution is 7.22. The zero-order chi connectivity index (χ0) is 74.7. The third-order valence-corrected chi connectivity index (χ3v) is 21.3. The number of aliphatic hydroxyl groups is 3. The van der Waals surface area contributed by atoms with Gasteiger partial charge in [-0.2, -0.15) is 5.10 Å². The van der Waals surface area contributed by atoms with Gasteiger partial charge in [-0.3, -0.25) is 38.9 Å². The normalized spacial score (nSPS) is 24.4. The fraction of sp³-hybridized carbons (Fsp3) is 0.459. The number of anilines is 3. The summed E-state index contributed by atoms with van der Waals surface area (Å²) in [5.74, 6) is -5.53. The molecule has 5 fully saturated rings. The number of hydrogen-bond donors (Lipinski definition) is 9. The summed E-state index contributed by atoms with van der Waals surface area (Å²) in [4.78, 5) is 128. The summed E-state index contributed by atoms with van der Waals surface area (Å²) >= 11 is 1.33. The summed E-state index contributed by atoms with van der Waals surface area (Å²) in [6.07, 6.45) is 4.16. The first-order valence-corrected chi connectivity index (χ1v) is 35.6. The first-order chi connectivity index (χ1) is 50.1. The van der Waals surface area contributed by atoms with E-state index < -0.39 is 78.7 Å². The highest BCUT2D eigenvalue weighted by atomic mass is 32.1. The Hall–Kier alpha value is -10.2. The van der Waals surface area contributed by atoms with Crippen molar-refractivity contribution in [2.75, 3.05) is 68.6 Å². The lowest BCUT2D eigenvalue weighted by Gasteiger charge is -2.69. The summed E-state index contributed by atoms with van der Waals surface area (Å²) in [5.41, 5.74) is 3.53. The van der Waals surface area contributed by atoms with E-state index in [1.807, 2.05) is 40.8 Å². The smallest absolute Gasteiger partial charge is 0.409 e. The average Bonchev–Trinajstić information content (AvgIpc) is 1.46. The first kappa shape index (κ1) is 74.5. The quantitative estimate of drug-likeness (QED) is 0.0162. The Labute approximate surface area is 606 Å². The SMILES string of the molecule is Cc1c(-c2ccc(N3CCc4c(OCC(=O)O)ccc(C(=O)Nc5nc6ccccc6s5)c4C3)nc2C(=O)O)cnn1CC12CC3(C)CC(C)(C1)CC(OCCN(C)C(=O)OC/C=C/c1ccc(O[C@@H]4O[C@H](C(=O)O)[C@@H](O)[C@H](O)[C@H]4O)c(NC(=O)CCNC(=O)CCCCCN4C(=O)C=CC4=O)c1)(C3)C2. The first-order valence-electron chi connectivity index (χ1n) is 34.8. The largest absolute Gasteiger partial charge is 0.482 e. The second-order valence-corrected chi connectivity index (χ2v) is 29.9. The van der Waals surface area contributed by atoms with Crippen molar-refractivity contribution < 1.29 is 97.5 Å². The fourth-order valence-electron chi connectivity index (χ4n) is 16.8. The van der Waals surface area contributed by atoms with Crippen LogP contribution in [0.1, 0.15) is 128 Å². The second-order valence-electron chi connectivity index (χ2n) is 28.9. The molecule has 4 aliphatic carbocycles. The lowest BCUT2D eigenvalue weighted by atomic mass is 9.39. The van der Waals surface area contributed by atoms with Crippen molar-refractivity contribution in [1.82, 2.24) is 34.9 Å². The maximum absolute atomic E-state index is 14.0. The molecule has 9 N–H and O–H groups in total. The number of imide groups is 1. The zero-order valence-electron chi connectivity index (χ0n) is 58.4. The number of aromatic carboxylic acids is 1. The van der Waals surface area contributed by atoms with Crippen molar-refractivity contribution in [3.8, 4) is 22.6 Å². The molecule has 4 saturated carbocycles. The zero-order valence-corrected chi connectivity index (χ0v) is 59.2. The lowest BCUT2D eigenvalue weighted by molar-refractivity contribution is -0.271. The van der Waals surface area contributed by atoms with E-state index in [0.29, 0.717) is 88.9 Å². The summed E-state index contributed by atoms with van der Waals surface area (Å²) < 4.78 is 32.3. The Bertz CT molecular complexity index is 4390. The predicted octanol–water partition coefficient (Wildman–Crippen LogP) is 6.96. The summed E-state index contributed by atoms with van der Waals surface area (Å²) in [5, 5.41) is 75.0. The number of thiazole rings is 1. The van der Waals surface area contributed by atoms with E-state index in [1.165, 1.54) is 40.5 Å². The number of carboxylic acids is 3. The molecule has 7 atom stereocenters. The van der Waals surface area contributed by atoms with Crippen LogP contribution in [0.5, 0.6) is 11.5 Å². The number of fused-ring (bicyclic) bond motifs is 2. The molecule has 1 saturated heterocycles. The van der Waals surface area contributed by atoms with Crippen molar-refractivity contribution in [2.45, 2.75) is 147 Å². The van der Waals surface area contributed by atoms with Gasteiger partial charge in [-0.25, -0.2) is 29.1 Å². The number of carbonyl (C=O) groups excluding carboxylic acids is 6. The molecule has 2 unspecified atom stereocenters. The number of pyridine rings is 1. The summed E-state index contributed by atoms with van der Waals surface area (Å²) in [6.45, 7) is 7.50. The number of para-hydroxylation sites is 1. The van der Waals surface area contributed by atoms with Crippen molar-refractivity contribution in [1.29, 1.82) is 0 Å². The molecule has 6 aromatic rings. The maximum Gasteiger partial charge on any atom is 0.409 e. The Morgan fingerprint density at radius 2 is 1.55 bits per heavy atom. The van der Waals surface area contributed by atoms with Gasteiger partial charge >= 0.3 is 24.0 Å². The number of ether oxygens (including phenoxy) is 5. The number of aromatic nitrogens is 4. The minimum Gasteiger partial charge on any atom is -0.482 e. The number of carboxylic acid groups (broad SMARTS) is 3. The van der Waals surface area contributed by atoms with E-state index in [-0.39, 0.29) is 103 Å². The number of nitrogens with one attached hydrogen (secondary N) is 3. The minimum absolute atomic E-state index is 0.0147. The van der Waals surface area contributed by atoms with Gasteiger partial charge in [0.15, 0.2) is 23.5 Å². The number of hydrogen-bond acceptors (Lipinski definition) is 22. The molecule has 30 nitrogen and oxygen atoms in total. The molecule has 0 radical (unpaired) electrons. The van der Waals surface area contributed by atoms with Gasteiger partial charge in [-0.1, -0.05) is 55.9 Å². The topological polar surface area (TPSA) is 411 Å². The van der Waals surface area contributed by atoms with E-state index in [2.05, 4.69) is 34.8 Å². The number of benzene rings is 3. The number of aliphatic carboxylic acids is 2. The molecule has 6 heterocycles. The molecule has 7 aliphatic rings. The number of nitrogens with zero attached hydrogens (tertiary/aromatic N) is 7. The minimum atomic E-state index is -1.98. The van der Waals surface area contributed by atoms with Crippen molar-refractivity contribution in [3.05, 3.63) is 125 Å². The second kappa shape index (κ2) is 30.9. The number of rotatable bonds is 30. The molecule has 105 heavy (non-hydrogen) atoms. The van der Waals surface area contributed by atoms with Crippen LogP contribution in [-0.2, 0) is 62.5 Å². The van der Waals surface area contributed by atoms with Crippen LogP contribution in [0.15, 0.2) is 91.2 Å². The molecule has 0 spiro atoms. The average molecular weight is 1470 g/mol. The van der Waals surface area contributed by atoms with E-state index >= 15 is 0 Å². The molecule has 3 aromatic carbocycles. The van der Waals surface area contributed by atoms with Crippen LogP contribution in [0, 0.1) is 23.2 Å². The van der Waals surface area contributed by atoms with Gasteiger partial charge in [0.2, 0.25) is 18.1 Å². The van der Waals surface area contributed by atoms with Gasteiger partial charge in [-0.05, 0) is 147 Å². The summed E-state index contributed by atoms with van der Waals surface area (Å²) in [7, 11) is 1.61. The molecule has 3 aromatic heterocycles. The highest BCUT2D eigenvalue weighted by Crippen LogP contribution is 2.72. The van der Waals surface area contributed by atoms with Gasteiger partial charge in [0.05, 0.1) is 34.3 Å². The van der Waals surface area contributed by atoms with E-state index in [1.54, 1.807) is 55.7 Å². The third kappa shape index (κ3) is 16.8. The van der Waals surface area contributed by atoms with E-state index in [4.69, 9.17) is 33.8 Å². The Kier molecular flexibility index (Phi) is 21.9. The van der Waals surface area contributed by atoms with Gasteiger partial charge < -0.3 is 74.8 Å². The van der Waals surface area contributed by atoms with Crippen LogP contribution in [0.2, 0.25) is 0 Å². The van der Waals surface area contributed by atoms with Crippen LogP contribution in [0.3, 0.4) is 0 Å². The van der Waals surface area contributed by atoms with Crippen molar-refractivity contribution in [2.24, 2.45) is 16.2 Å². The molecular weight excluding hydrogens is 1380 g/mol. The van der Waals surface area contributed by atoms with Gasteiger partial charge in [0.1, 0.15) is 42.2 Å². The van der Waals surface area contributed by atoms with Crippen LogP contribution in [-0.4, -0.2) is 203 Å². The predicted molar refractivity (Wildman–Crippen MR) is 379 cm³/mol. The number of carbonyl (C=O) groups is 9. The van der Waals surface area contributed by atoms with Crippen LogP contribution < -0.4 is 30.3 Å². The third-order valence-electron chi connectivity index (χ3n) is 20.4. The van der Waals surface area contributed by atoms with Gasteiger partial charge in [0.25, 0.3) is 17.7 Å². The van der Waals surface area contributed by atoms with Gasteiger partial charge in [-0.15, -0.1) is 0 Å². The van der Waals surface area contributed by atoms with Crippen LogP contribution in [0.25, 0.3) is 27.4 Å². The number of aliphatic hydroxyl groups excluding tert-OH is 3. The fourth-order valence-corrected chi connectivity index (χ4v) is 17.7. The Balaban J connectivity index is 0.658. The summed E-state index contributed by atoms with van der Waals surface area (Å²) in [6, 6.07) is 18.6. The number of amides is 6. The molecule has 31 heteroatoms. The molecule has 556 valence electrons. The standard InChI is InChI=1S/C74H84N10O20S/c1-42-47(45-17-20-54(79-60(45)66(95)96)82-27-24-44-48(33-82)46(16-19-51(44)101-34-59(89)90)65(94)80-69-78-49-12-7-8-13-53(49)105-69)32-76-84(42)41-73-36-71(2)35-72(3,37-73)39-74(38-71,40-73)102-30-28-81(4)70(99)100-29-10-11-43-15-18-52(103-68-63(93)61(91)62(92)64(104-68)67(97)98)50(31-43)77-56(86)23-25-75-55(85)14-6-5-9-26-83-57(87)21-22-58(83)88/h7-8,10-13,15-22,31-32,61-64,68,91-93H,5-6,9,14,23-30,33-41H2,1-4H3,(H,75,85)(H,77,86)(H,89,90)(H,95,96)(H,97,98)(H,78,80,94)/b11-10+/t61-,62-,63+,64-,68+,71?,72?,73?,74?/m0/s1. The maximum atomic E-state index is 14.0.